The van der Waals surface area contributed by atoms with E-state index in [1.54, 1.807) is 18.6 Å². The minimum atomic E-state index is 0.560. The van der Waals surface area contributed by atoms with Crippen molar-refractivity contribution >= 4 is 0 Å². The normalized spacial score (nSPS) is 10.0. The molecule has 1 N–H and O–H groups in total. The fourth-order valence-electron chi connectivity index (χ4n) is 1.67. The highest BCUT2D eigenvalue weighted by Gasteiger charge is 2.02. The molecule has 0 fully saturated rings. The lowest BCUT2D eigenvalue weighted by Gasteiger charge is -2.05. The molecule has 0 aliphatic rings. The van der Waals surface area contributed by atoms with E-state index in [2.05, 4.69) is 34.3 Å². The minimum absolute atomic E-state index is 0.560. The van der Waals surface area contributed by atoms with Crippen LogP contribution in [-0.4, -0.2) is 16.5 Å². The highest BCUT2D eigenvalue weighted by atomic mass is 14.8. The Kier molecular flexibility index (Phi) is 4.00. The minimum Gasteiger partial charge on any atom is -0.313 e. The molecule has 4 nitrogen and oxygen atoms in total. The van der Waals surface area contributed by atoms with E-state index in [-0.39, 0.29) is 0 Å². The summed E-state index contributed by atoms with van der Waals surface area (Å²) in [5, 5.41) is 12.1. The molecule has 2 aromatic heterocycles. The van der Waals surface area contributed by atoms with Crippen LogP contribution in [0.1, 0.15) is 18.1 Å². The van der Waals surface area contributed by atoms with Crippen LogP contribution in [0.2, 0.25) is 0 Å². The molecular weight excluding hydrogens is 224 g/mol. The molecule has 4 heteroatoms. The molecule has 0 aromatic carbocycles. The van der Waals surface area contributed by atoms with Gasteiger partial charge < -0.3 is 5.32 Å². The second-order valence-electron chi connectivity index (χ2n) is 3.94. The van der Waals surface area contributed by atoms with Crippen LogP contribution < -0.4 is 5.32 Å². The van der Waals surface area contributed by atoms with Gasteiger partial charge in [0.25, 0.3) is 0 Å². The zero-order valence-corrected chi connectivity index (χ0v) is 10.2. The van der Waals surface area contributed by atoms with E-state index in [1.807, 2.05) is 12.3 Å². The predicted molar refractivity (Wildman–Crippen MR) is 69.6 cm³/mol. The summed E-state index contributed by atoms with van der Waals surface area (Å²) in [5.41, 5.74) is 3.58. The van der Waals surface area contributed by atoms with Crippen molar-refractivity contribution in [3.05, 3.63) is 48.0 Å². The quantitative estimate of drug-likeness (QED) is 0.886. The van der Waals surface area contributed by atoms with Crippen LogP contribution in [0.5, 0.6) is 0 Å². The summed E-state index contributed by atoms with van der Waals surface area (Å²) < 4.78 is 0. The highest BCUT2D eigenvalue weighted by molar-refractivity contribution is 5.63. The summed E-state index contributed by atoms with van der Waals surface area (Å²) in [6.45, 7) is 3.79. The summed E-state index contributed by atoms with van der Waals surface area (Å²) >= 11 is 0. The van der Waals surface area contributed by atoms with Gasteiger partial charge in [-0.2, -0.15) is 5.26 Å². The van der Waals surface area contributed by atoms with Crippen molar-refractivity contribution in [2.45, 2.75) is 13.5 Å². The Bertz CT molecular complexity index is 572. The van der Waals surface area contributed by atoms with E-state index in [1.165, 1.54) is 0 Å². The summed E-state index contributed by atoms with van der Waals surface area (Å²) in [7, 11) is 0. The number of rotatable bonds is 4. The molecule has 18 heavy (non-hydrogen) atoms. The summed E-state index contributed by atoms with van der Waals surface area (Å²) in [5.74, 6) is 0. The molecule has 0 atom stereocenters. The molecule has 0 aliphatic heterocycles. The van der Waals surface area contributed by atoms with Gasteiger partial charge in [0.05, 0.1) is 5.56 Å². The number of hydrogen-bond donors (Lipinski definition) is 1. The van der Waals surface area contributed by atoms with Crippen molar-refractivity contribution in [2.24, 2.45) is 0 Å². The summed E-state index contributed by atoms with van der Waals surface area (Å²) in [6, 6.07) is 5.97. The van der Waals surface area contributed by atoms with E-state index >= 15 is 0 Å². The van der Waals surface area contributed by atoms with Gasteiger partial charge in [-0.15, -0.1) is 0 Å². The van der Waals surface area contributed by atoms with E-state index in [9.17, 15) is 0 Å². The maximum Gasteiger partial charge on any atom is 0.101 e. The number of hydrogen-bond acceptors (Lipinski definition) is 4. The molecule has 0 saturated heterocycles. The van der Waals surface area contributed by atoms with Crippen LogP contribution in [0.15, 0.2) is 36.9 Å². The Morgan fingerprint density at radius 3 is 2.56 bits per heavy atom. The first-order valence-electron chi connectivity index (χ1n) is 5.83. The van der Waals surface area contributed by atoms with Gasteiger partial charge in [0, 0.05) is 42.5 Å². The summed E-state index contributed by atoms with van der Waals surface area (Å²) in [6.07, 6.45) is 6.93. The molecule has 2 aromatic rings. The molecule has 0 radical (unpaired) electrons. The average molecular weight is 238 g/mol. The van der Waals surface area contributed by atoms with Crippen molar-refractivity contribution in [3.8, 4) is 17.2 Å². The Labute approximate surface area is 106 Å². The van der Waals surface area contributed by atoms with Gasteiger partial charge >= 0.3 is 0 Å². The second kappa shape index (κ2) is 5.89. The smallest absolute Gasteiger partial charge is 0.101 e. The first-order chi connectivity index (χ1) is 8.83. The molecule has 0 amide bonds. The Morgan fingerprint density at radius 1 is 1.11 bits per heavy atom. The molecule has 0 unspecified atom stereocenters. The van der Waals surface area contributed by atoms with Crippen molar-refractivity contribution in [1.82, 2.24) is 15.3 Å². The van der Waals surface area contributed by atoms with Crippen LogP contribution in [0.3, 0.4) is 0 Å². The standard InChI is InChI=1S/C14H14N4/c1-2-16-7-12-4-14(10-18-8-12)13-3-11(5-15)6-17-9-13/h3-4,6,8-10,16H,2,7H2,1H3. The number of nitriles is 1. The Hall–Kier alpha value is -2.25. The first kappa shape index (κ1) is 12.2. The van der Waals surface area contributed by atoms with E-state index < -0.39 is 0 Å². The molecule has 0 spiro atoms. The van der Waals surface area contributed by atoms with Gasteiger partial charge in [0.2, 0.25) is 0 Å². The maximum absolute atomic E-state index is 8.86. The second-order valence-corrected chi connectivity index (χ2v) is 3.94. The third kappa shape index (κ3) is 2.90. The predicted octanol–water partition coefficient (Wildman–Crippen LogP) is 2.12. The number of nitrogens with one attached hydrogen (secondary N) is 1. The van der Waals surface area contributed by atoms with Crippen LogP contribution in [-0.2, 0) is 6.54 Å². The average Bonchev–Trinajstić information content (AvgIpc) is 2.45. The zero-order chi connectivity index (χ0) is 12.8. The van der Waals surface area contributed by atoms with Crippen LogP contribution in [0.4, 0.5) is 0 Å². The fraction of sp³-hybridized carbons (Fsp3) is 0.214. The third-order valence-electron chi connectivity index (χ3n) is 2.57. The van der Waals surface area contributed by atoms with Gasteiger partial charge in [-0.25, -0.2) is 0 Å². The highest BCUT2D eigenvalue weighted by Crippen LogP contribution is 2.19. The van der Waals surface area contributed by atoms with Gasteiger partial charge in [-0.3, -0.25) is 9.97 Å². The van der Waals surface area contributed by atoms with Gasteiger partial charge in [-0.1, -0.05) is 6.92 Å². The molecular formula is C14H14N4. The third-order valence-corrected chi connectivity index (χ3v) is 2.57. The van der Waals surface area contributed by atoms with E-state index in [0.29, 0.717) is 5.56 Å². The molecule has 2 rings (SSSR count). The molecule has 2 heterocycles. The van der Waals surface area contributed by atoms with Crippen molar-refractivity contribution in [1.29, 1.82) is 5.26 Å². The largest absolute Gasteiger partial charge is 0.313 e. The number of aromatic nitrogens is 2. The molecule has 90 valence electrons. The fourth-order valence-corrected chi connectivity index (χ4v) is 1.67. The Balaban J connectivity index is 2.29. The first-order valence-corrected chi connectivity index (χ1v) is 5.83. The molecule has 0 aliphatic carbocycles. The van der Waals surface area contributed by atoms with Gasteiger partial charge in [0.15, 0.2) is 0 Å². The SMILES string of the molecule is CCNCc1cncc(-c2cncc(C#N)c2)c1. The maximum atomic E-state index is 8.86. The van der Waals surface area contributed by atoms with Gasteiger partial charge in [-0.05, 0) is 24.2 Å². The molecule has 0 saturated carbocycles. The van der Waals surface area contributed by atoms with Crippen molar-refractivity contribution in [2.75, 3.05) is 6.54 Å². The van der Waals surface area contributed by atoms with E-state index in [0.717, 1.165) is 29.8 Å². The number of nitrogens with zero attached hydrogens (tertiary/aromatic N) is 3. The topological polar surface area (TPSA) is 61.6 Å². The zero-order valence-electron chi connectivity index (χ0n) is 10.2. The molecule has 0 bridgehead atoms. The van der Waals surface area contributed by atoms with Crippen LogP contribution >= 0.6 is 0 Å². The van der Waals surface area contributed by atoms with Crippen molar-refractivity contribution < 1.29 is 0 Å². The van der Waals surface area contributed by atoms with E-state index in [4.69, 9.17) is 5.26 Å². The lowest BCUT2D eigenvalue weighted by atomic mass is 10.1. The lowest BCUT2D eigenvalue weighted by Crippen LogP contribution is -2.11. The summed E-state index contributed by atoms with van der Waals surface area (Å²) in [4.78, 5) is 8.28. The van der Waals surface area contributed by atoms with Crippen LogP contribution in [0.25, 0.3) is 11.1 Å². The van der Waals surface area contributed by atoms with Crippen molar-refractivity contribution in [3.63, 3.8) is 0 Å². The van der Waals surface area contributed by atoms with Crippen LogP contribution in [0, 0.1) is 11.3 Å². The van der Waals surface area contributed by atoms with Gasteiger partial charge in [0.1, 0.15) is 6.07 Å². The number of pyridine rings is 2. The lowest BCUT2D eigenvalue weighted by molar-refractivity contribution is 0.724. The monoisotopic (exact) mass is 238 g/mol. The Morgan fingerprint density at radius 2 is 1.83 bits per heavy atom.